The zero-order valence-electron chi connectivity index (χ0n) is 16.0. The Morgan fingerprint density at radius 1 is 1.00 bits per heavy atom. The summed E-state index contributed by atoms with van der Waals surface area (Å²) < 4.78 is 41.7. The molecule has 0 radical (unpaired) electrons. The van der Waals surface area contributed by atoms with Crippen LogP contribution in [0.3, 0.4) is 0 Å². The lowest BCUT2D eigenvalue weighted by atomic mass is 10.1. The van der Waals surface area contributed by atoms with Crippen LogP contribution in [0.25, 0.3) is 11.3 Å². The van der Waals surface area contributed by atoms with Gasteiger partial charge in [0.2, 0.25) is 5.95 Å². The highest BCUT2D eigenvalue weighted by atomic mass is 19.4. The monoisotopic (exact) mass is 402 g/mol. The molecule has 0 spiro atoms. The number of nitrogens with zero attached hydrogens (tertiary/aromatic N) is 2. The van der Waals surface area contributed by atoms with E-state index < -0.39 is 6.36 Å². The summed E-state index contributed by atoms with van der Waals surface area (Å²) in [6.45, 7) is 4.03. The summed E-state index contributed by atoms with van der Waals surface area (Å²) in [5, 5.41) is 6.40. The second-order valence-corrected chi connectivity index (χ2v) is 6.48. The van der Waals surface area contributed by atoms with Gasteiger partial charge in [-0.05, 0) is 37.6 Å². The third kappa shape index (κ3) is 6.10. The number of anilines is 3. The SMILES string of the molecule is CC[C@@H](C)Nc1nc(Nc2ccccc2)cc(-c2cccc(OC(F)(F)F)c2)n1. The molecule has 152 valence electrons. The standard InChI is InChI=1S/C21H21F3N4O/c1-3-14(2)25-20-27-18(13-19(28-20)26-16-9-5-4-6-10-16)15-8-7-11-17(12-15)29-21(22,23)24/h4-14H,3H2,1-2H3,(H2,25,26,27,28)/t14-/m1/s1. The van der Waals surface area contributed by atoms with Crippen molar-refractivity contribution < 1.29 is 17.9 Å². The van der Waals surface area contributed by atoms with Crippen molar-refractivity contribution in [3.05, 3.63) is 60.7 Å². The molecular formula is C21H21F3N4O. The molecule has 0 saturated carbocycles. The molecule has 1 atom stereocenters. The molecule has 0 fully saturated rings. The summed E-state index contributed by atoms with van der Waals surface area (Å²) in [5.41, 5.74) is 1.79. The van der Waals surface area contributed by atoms with Crippen LogP contribution < -0.4 is 15.4 Å². The van der Waals surface area contributed by atoms with Crippen molar-refractivity contribution in [2.75, 3.05) is 10.6 Å². The van der Waals surface area contributed by atoms with Gasteiger partial charge in [0, 0.05) is 23.4 Å². The van der Waals surface area contributed by atoms with Gasteiger partial charge < -0.3 is 15.4 Å². The third-order valence-corrected chi connectivity index (χ3v) is 4.12. The summed E-state index contributed by atoms with van der Waals surface area (Å²) in [6.07, 6.45) is -3.89. The van der Waals surface area contributed by atoms with Crippen molar-refractivity contribution in [3.8, 4) is 17.0 Å². The number of aromatic nitrogens is 2. The van der Waals surface area contributed by atoms with Crippen LogP contribution in [0, 0.1) is 0 Å². The molecule has 0 aliphatic rings. The van der Waals surface area contributed by atoms with Crippen molar-refractivity contribution >= 4 is 17.5 Å². The normalized spacial score (nSPS) is 12.3. The third-order valence-electron chi connectivity index (χ3n) is 4.12. The molecule has 1 aromatic heterocycles. The molecule has 3 aromatic rings. The van der Waals surface area contributed by atoms with Crippen molar-refractivity contribution in [1.82, 2.24) is 9.97 Å². The molecule has 29 heavy (non-hydrogen) atoms. The van der Waals surface area contributed by atoms with Crippen LogP contribution in [-0.4, -0.2) is 22.4 Å². The fraction of sp³-hybridized carbons (Fsp3) is 0.238. The van der Waals surface area contributed by atoms with Crippen LogP contribution in [0.15, 0.2) is 60.7 Å². The van der Waals surface area contributed by atoms with Crippen molar-refractivity contribution in [2.45, 2.75) is 32.7 Å². The lowest BCUT2D eigenvalue weighted by Crippen LogP contribution is -2.17. The first kappa shape index (κ1) is 20.4. The van der Waals surface area contributed by atoms with Gasteiger partial charge in [0.1, 0.15) is 11.6 Å². The van der Waals surface area contributed by atoms with E-state index in [0.29, 0.717) is 23.0 Å². The minimum atomic E-state index is -4.76. The average Bonchev–Trinajstić information content (AvgIpc) is 2.67. The minimum Gasteiger partial charge on any atom is -0.406 e. The number of nitrogens with one attached hydrogen (secondary N) is 2. The maximum absolute atomic E-state index is 12.6. The van der Waals surface area contributed by atoms with Crippen LogP contribution in [-0.2, 0) is 0 Å². The van der Waals surface area contributed by atoms with E-state index in [1.807, 2.05) is 44.2 Å². The molecule has 8 heteroatoms. The Bertz CT molecular complexity index is 948. The molecule has 1 heterocycles. The van der Waals surface area contributed by atoms with E-state index in [9.17, 15) is 13.2 Å². The Hall–Kier alpha value is -3.29. The van der Waals surface area contributed by atoms with E-state index in [-0.39, 0.29) is 11.8 Å². The van der Waals surface area contributed by atoms with Crippen LogP contribution in [0.1, 0.15) is 20.3 Å². The zero-order valence-corrected chi connectivity index (χ0v) is 16.0. The molecule has 0 aliphatic carbocycles. The second-order valence-electron chi connectivity index (χ2n) is 6.48. The molecule has 5 nitrogen and oxygen atoms in total. The van der Waals surface area contributed by atoms with E-state index in [2.05, 4.69) is 25.3 Å². The predicted molar refractivity (Wildman–Crippen MR) is 107 cm³/mol. The number of para-hydroxylation sites is 1. The first-order chi connectivity index (χ1) is 13.8. The topological polar surface area (TPSA) is 59.1 Å². The highest BCUT2D eigenvalue weighted by molar-refractivity contribution is 5.68. The zero-order chi connectivity index (χ0) is 20.9. The van der Waals surface area contributed by atoms with E-state index in [0.717, 1.165) is 12.1 Å². The van der Waals surface area contributed by atoms with Crippen LogP contribution >= 0.6 is 0 Å². The molecule has 2 N–H and O–H groups in total. The Balaban J connectivity index is 1.97. The quantitative estimate of drug-likeness (QED) is 0.508. The highest BCUT2D eigenvalue weighted by Crippen LogP contribution is 2.29. The molecule has 0 unspecified atom stereocenters. The fourth-order valence-electron chi connectivity index (χ4n) is 2.57. The first-order valence-corrected chi connectivity index (χ1v) is 9.16. The molecular weight excluding hydrogens is 381 g/mol. The minimum absolute atomic E-state index is 0.134. The van der Waals surface area contributed by atoms with E-state index in [1.54, 1.807) is 12.1 Å². The molecule has 0 aliphatic heterocycles. The number of hydrogen-bond acceptors (Lipinski definition) is 5. The largest absolute Gasteiger partial charge is 0.573 e. The number of rotatable bonds is 7. The van der Waals surface area contributed by atoms with Gasteiger partial charge in [0.15, 0.2) is 0 Å². The van der Waals surface area contributed by atoms with Gasteiger partial charge in [-0.3, -0.25) is 0 Å². The van der Waals surface area contributed by atoms with Gasteiger partial charge >= 0.3 is 6.36 Å². The van der Waals surface area contributed by atoms with Crippen molar-refractivity contribution in [2.24, 2.45) is 0 Å². The second kappa shape index (κ2) is 8.81. The summed E-state index contributed by atoms with van der Waals surface area (Å²) in [4.78, 5) is 8.95. The smallest absolute Gasteiger partial charge is 0.406 e. The Morgan fingerprint density at radius 2 is 1.76 bits per heavy atom. The van der Waals surface area contributed by atoms with E-state index in [1.165, 1.54) is 18.2 Å². The number of benzene rings is 2. The van der Waals surface area contributed by atoms with Gasteiger partial charge in [-0.25, -0.2) is 4.98 Å². The van der Waals surface area contributed by atoms with Gasteiger partial charge in [-0.15, -0.1) is 13.2 Å². The van der Waals surface area contributed by atoms with Gasteiger partial charge in [-0.2, -0.15) is 4.98 Å². The summed E-state index contributed by atoms with van der Waals surface area (Å²) in [6, 6.07) is 17.0. The van der Waals surface area contributed by atoms with Crippen LogP contribution in [0.4, 0.5) is 30.6 Å². The number of hydrogen-bond donors (Lipinski definition) is 2. The molecule has 0 saturated heterocycles. The fourth-order valence-corrected chi connectivity index (χ4v) is 2.57. The summed E-state index contributed by atoms with van der Waals surface area (Å²) in [7, 11) is 0. The average molecular weight is 402 g/mol. The number of ether oxygens (including phenoxy) is 1. The van der Waals surface area contributed by atoms with Gasteiger partial charge in [0.05, 0.1) is 5.69 Å². The van der Waals surface area contributed by atoms with Gasteiger partial charge in [-0.1, -0.05) is 37.3 Å². The maximum Gasteiger partial charge on any atom is 0.573 e. The number of halogens is 3. The lowest BCUT2D eigenvalue weighted by Gasteiger charge is -2.15. The maximum atomic E-state index is 12.6. The van der Waals surface area contributed by atoms with Crippen molar-refractivity contribution in [1.29, 1.82) is 0 Å². The highest BCUT2D eigenvalue weighted by Gasteiger charge is 2.31. The Labute approximate surface area is 167 Å². The molecule has 0 amide bonds. The predicted octanol–water partition coefficient (Wildman–Crippen LogP) is 6.00. The van der Waals surface area contributed by atoms with Gasteiger partial charge in [0.25, 0.3) is 0 Å². The van der Waals surface area contributed by atoms with E-state index >= 15 is 0 Å². The summed E-state index contributed by atoms with van der Waals surface area (Å²) in [5.74, 6) is 0.606. The lowest BCUT2D eigenvalue weighted by molar-refractivity contribution is -0.274. The number of alkyl halides is 3. The van der Waals surface area contributed by atoms with Crippen LogP contribution in [0.5, 0.6) is 5.75 Å². The summed E-state index contributed by atoms with van der Waals surface area (Å²) >= 11 is 0. The molecule has 2 aromatic carbocycles. The Kier molecular flexibility index (Phi) is 6.21. The molecule has 0 bridgehead atoms. The molecule has 3 rings (SSSR count). The van der Waals surface area contributed by atoms with Crippen molar-refractivity contribution in [3.63, 3.8) is 0 Å². The van der Waals surface area contributed by atoms with Crippen LogP contribution in [0.2, 0.25) is 0 Å². The first-order valence-electron chi connectivity index (χ1n) is 9.16. The Morgan fingerprint density at radius 3 is 2.45 bits per heavy atom. The van der Waals surface area contributed by atoms with E-state index in [4.69, 9.17) is 0 Å².